The molecule has 1 aliphatic heterocycles. The Bertz CT molecular complexity index is 1620. The van der Waals surface area contributed by atoms with E-state index >= 15 is 0 Å². The van der Waals surface area contributed by atoms with E-state index in [2.05, 4.69) is 14.9 Å². The van der Waals surface area contributed by atoms with Crippen molar-refractivity contribution >= 4 is 46.3 Å². The van der Waals surface area contributed by atoms with Gasteiger partial charge in [0.2, 0.25) is 5.95 Å². The largest absolute Gasteiger partial charge is 0.444 e. The molecule has 4 aromatic rings. The lowest BCUT2D eigenvalue weighted by Gasteiger charge is -2.34. The quantitative estimate of drug-likeness (QED) is 0.236. The second kappa shape index (κ2) is 12.1. The minimum absolute atomic E-state index is 0.120. The number of aryl methyl sites for hydroxylation is 1. The number of aromatic nitrogens is 3. The van der Waals surface area contributed by atoms with E-state index in [1.54, 1.807) is 29.3 Å². The predicted molar refractivity (Wildman–Crippen MR) is 162 cm³/mol. The molecule has 42 heavy (non-hydrogen) atoms. The number of hydrogen-bond acceptors (Lipinski definition) is 5. The highest BCUT2D eigenvalue weighted by atomic mass is 35.5. The molecule has 1 saturated heterocycles. The Morgan fingerprint density at radius 2 is 1.88 bits per heavy atom. The Morgan fingerprint density at radius 1 is 1.14 bits per heavy atom. The van der Waals surface area contributed by atoms with E-state index in [1.807, 2.05) is 27.7 Å². The molecular formula is C31H33Cl2F2N5O2. The van der Waals surface area contributed by atoms with Crippen molar-refractivity contribution in [3.05, 3.63) is 75.4 Å². The first-order valence-corrected chi connectivity index (χ1v) is 14.6. The minimum atomic E-state index is -0.913. The molecule has 1 fully saturated rings. The van der Waals surface area contributed by atoms with Gasteiger partial charge in [-0.2, -0.15) is 4.98 Å². The average Bonchev–Trinajstić information content (AvgIpc) is 3.19. The van der Waals surface area contributed by atoms with Gasteiger partial charge in [-0.05, 0) is 81.8 Å². The Labute approximate surface area is 253 Å². The van der Waals surface area contributed by atoms with E-state index in [9.17, 15) is 13.6 Å². The van der Waals surface area contributed by atoms with Gasteiger partial charge in [0.05, 0.1) is 15.7 Å². The second-order valence-electron chi connectivity index (χ2n) is 11.6. The maximum absolute atomic E-state index is 13.7. The van der Waals surface area contributed by atoms with E-state index in [1.165, 1.54) is 6.07 Å². The van der Waals surface area contributed by atoms with Gasteiger partial charge in [0, 0.05) is 43.3 Å². The number of rotatable bonds is 6. The van der Waals surface area contributed by atoms with Gasteiger partial charge in [-0.1, -0.05) is 35.3 Å². The fraction of sp³-hybridized carbons (Fsp3) is 0.387. The van der Waals surface area contributed by atoms with Gasteiger partial charge in [-0.25, -0.2) is 18.6 Å². The van der Waals surface area contributed by atoms with Crippen LogP contribution in [0.15, 0.2) is 42.6 Å². The van der Waals surface area contributed by atoms with Crippen LogP contribution in [-0.4, -0.2) is 44.2 Å². The molecule has 0 spiro atoms. The standard InChI is InChI=1S/C31H33Cl2F2N5O2/c1-18-21-15-37-29(36-14-19-10-11-24(34)25(35)13-19)38-28(21)40(27(18)26-22(32)8-5-9-23(26)33)17-20-7-6-12-39(16-20)30(41)42-31(2,3)4/h5,8-11,13,15,20H,6-7,12,14,16-17H2,1-4H3,(H,36,37,38)/t20-/m1/s1. The van der Waals surface area contributed by atoms with Crippen LogP contribution >= 0.6 is 23.2 Å². The summed E-state index contributed by atoms with van der Waals surface area (Å²) in [5.41, 5.74) is 3.11. The zero-order valence-corrected chi connectivity index (χ0v) is 25.5. The van der Waals surface area contributed by atoms with Gasteiger partial charge in [-0.15, -0.1) is 0 Å². The van der Waals surface area contributed by atoms with Crippen molar-refractivity contribution in [1.82, 2.24) is 19.4 Å². The van der Waals surface area contributed by atoms with Crippen LogP contribution in [0.5, 0.6) is 0 Å². The van der Waals surface area contributed by atoms with E-state index in [0.717, 1.165) is 41.6 Å². The number of ether oxygens (including phenoxy) is 1. The lowest BCUT2D eigenvalue weighted by molar-refractivity contribution is 0.0158. The first-order valence-electron chi connectivity index (χ1n) is 13.9. The molecule has 2 aromatic heterocycles. The molecule has 7 nitrogen and oxygen atoms in total. The number of nitrogens with zero attached hydrogens (tertiary/aromatic N) is 4. The van der Waals surface area contributed by atoms with Gasteiger partial charge < -0.3 is 19.5 Å². The number of nitrogens with one attached hydrogen (secondary N) is 1. The van der Waals surface area contributed by atoms with Crippen LogP contribution in [0, 0.1) is 24.5 Å². The van der Waals surface area contributed by atoms with Crippen molar-refractivity contribution in [3.63, 3.8) is 0 Å². The van der Waals surface area contributed by atoms with Gasteiger partial charge >= 0.3 is 6.09 Å². The van der Waals surface area contributed by atoms with Gasteiger partial charge in [0.1, 0.15) is 11.2 Å². The average molecular weight is 617 g/mol. The van der Waals surface area contributed by atoms with Gasteiger partial charge in [0.25, 0.3) is 0 Å². The smallest absolute Gasteiger partial charge is 0.410 e. The van der Waals surface area contributed by atoms with E-state index in [4.69, 9.17) is 32.9 Å². The molecule has 0 saturated carbocycles. The molecule has 1 atom stereocenters. The summed E-state index contributed by atoms with van der Waals surface area (Å²) in [6.45, 7) is 9.50. The Balaban J connectivity index is 1.52. The Kier molecular flexibility index (Phi) is 8.62. The van der Waals surface area contributed by atoms with Crippen LogP contribution in [0.3, 0.4) is 0 Å². The minimum Gasteiger partial charge on any atom is -0.444 e. The first kappa shape index (κ1) is 30.0. The van der Waals surface area contributed by atoms with Gasteiger partial charge in [0.15, 0.2) is 11.6 Å². The fourth-order valence-electron chi connectivity index (χ4n) is 5.38. The molecular weight excluding hydrogens is 583 g/mol. The third kappa shape index (κ3) is 6.47. The molecule has 5 rings (SSSR count). The van der Waals surface area contributed by atoms with Crippen molar-refractivity contribution in [3.8, 4) is 11.3 Å². The highest BCUT2D eigenvalue weighted by Crippen LogP contribution is 2.41. The van der Waals surface area contributed by atoms with Crippen LogP contribution < -0.4 is 5.32 Å². The van der Waals surface area contributed by atoms with Crippen LogP contribution in [0.25, 0.3) is 22.3 Å². The summed E-state index contributed by atoms with van der Waals surface area (Å²) in [6, 6.07) is 9.15. The first-order chi connectivity index (χ1) is 19.9. The number of fused-ring (bicyclic) bond motifs is 1. The molecule has 222 valence electrons. The zero-order chi connectivity index (χ0) is 30.2. The summed E-state index contributed by atoms with van der Waals surface area (Å²) in [6.07, 6.45) is 3.19. The number of amides is 1. The zero-order valence-electron chi connectivity index (χ0n) is 24.0. The van der Waals surface area contributed by atoms with E-state index < -0.39 is 17.2 Å². The molecule has 11 heteroatoms. The monoisotopic (exact) mass is 615 g/mol. The fourth-order valence-corrected chi connectivity index (χ4v) is 5.96. The molecule has 1 N–H and O–H groups in total. The molecule has 0 aliphatic carbocycles. The van der Waals surface area contributed by atoms with Crippen molar-refractivity contribution in [2.75, 3.05) is 18.4 Å². The number of likely N-dealkylation sites (tertiary alicyclic amines) is 1. The van der Waals surface area contributed by atoms with Crippen molar-refractivity contribution in [1.29, 1.82) is 0 Å². The lowest BCUT2D eigenvalue weighted by Crippen LogP contribution is -2.43. The summed E-state index contributed by atoms with van der Waals surface area (Å²) in [5.74, 6) is -1.36. The molecule has 2 aromatic carbocycles. The topological polar surface area (TPSA) is 72.3 Å². The van der Waals surface area contributed by atoms with Crippen LogP contribution in [0.2, 0.25) is 10.0 Å². The molecule has 0 unspecified atom stereocenters. The summed E-state index contributed by atoms with van der Waals surface area (Å²) in [5, 5.41) is 4.98. The summed E-state index contributed by atoms with van der Waals surface area (Å²) in [7, 11) is 0. The molecule has 0 radical (unpaired) electrons. The third-order valence-corrected chi connectivity index (χ3v) is 7.93. The SMILES string of the molecule is Cc1c(-c2c(Cl)cccc2Cl)n(C[C@@H]2CCCN(C(=O)OC(C)(C)C)C2)c2nc(NCc3ccc(F)c(F)c3)ncc12. The summed E-state index contributed by atoms with van der Waals surface area (Å²) in [4.78, 5) is 24.0. The number of piperidine rings is 1. The van der Waals surface area contributed by atoms with Crippen LogP contribution in [0.4, 0.5) is 19.5 Å². The van der Waals surface area contributed by atoms with E-state index in [-0.39, 0.29) is 18.6 Å². The van der Waals surface area contributed by atoms with Crippen molar-refractivity contribution in [2.45, 2.75) is 59.2 Å². The third-order valence-electron chi connectivity index (χ3n) is 7.30. The maximum Gasteiger partial charge on any atom is 0.410 e. The number of halogens is 4. The molecule has 1 amide bonds. The predicted octanol–water partition coefficient (Wildman–Crippen LogP) is 8.25. The Hall–Kier alpha value is -3.43. The normalized spacial score (nSPS) is 15.7. The molecule has 3 heterocycles. The number of hydrogen-bond donors (Lipinski definition) is 1. The molecule has 0 bridgehead atoms. The highest BCUT2D eigenvalue weighted by molar-refractivity contribution is 6.39. The maximum atomic E-state index is 13.7. The number of benzene rings is 2. The Morgan fingerprint density at radius 3 is 2.57 bits per heavy atom. The second-order valence-corrected chi connectivity index (χ2v) is 12.5. The number of carbonyl (C=O) groups is 1. The van der Waals surface area contributed by atoms with Crippen molar-refractivity contribution < 1.29 is 18.3 Å². The van der Waals surface area contributed by atoms with Crippen molar-refractivity contribution in [2.24, 2.45) is 5.92 Å². The lowest BCUT2D eigenvalue weighted by atomic mass is 9.97. The number of carbonyl (C=O) groups excluding carboxylic acids is 1. The van der Waals surface area contributed by atoms with Crippen LogP contribution in [0.1, 0.15) is 44.7 Å². The highest BCUT2D eigenvalue weighted by Gasteiger charge is 2.30. The van der Waals surface area contributed by atoms with Crippen LogP contribution in [-0.2, 0) is 17.8 Å². The van der Waals surface area contributed by atoms with Gasteiger partial charge in [-0.3, -0.25) is 0 Å². The summed E-state index contributed by atoms with van der Waals surface area (Å²) >= 11 is 13.4. The van der Waals surface area contributed by atoms with E-state index in [0.29, 0.717) is 52.4 Å². The summed E-state index contributed by atoms with van der Waals surface area (Å²) < 4.78 is 34.9. The number of anilines is 1. The molecule has 1 aliphatic rings.